The van der Waals surface area contributed by atoms with Crippen LogP contribution in [0.1, 0.15) is 18.1 Å². The van der Waals surface area contributed by atoms with Gasteiger partial charge in [-0.3, -0.25) is 0 Å². The largest absolute Gasteiger partial charge is 0.390 e. The monoisotopic (exact) mass is 216 g/mol. The Kier molecular flexibility index (Phi) is 4.28. The molecule has 1 aromatic heterocycles. The van der Waals surface area contributed by atoms with E-state index in [-0.39, 0.29) is 0 Å². The maximum atomic E-state index is 9.62. The van der Waals surface area contributed by atoms with Gasteiger partial charge in [-0.25, -0.2) is 4.98 Å². The lowest BCUT2D eigenvalue weighted by atomic mass is 10.0. The fourth-order valence-electron chi connectivity index (χ4n) is 1.11. The first-order chi connectivity index (χ1) is 6.65. The summed E-state index contributed by atoms with van der Waals surface area (Å²) < 4.78 is 0. The van der Waals surface area contributed by atoms with Gasteiger partial charge in [-0.05, 0) is 19.0 Å². The van der Waals surface area contributed by atoms with Crippen molar-refractivity contribution < 1.29 is 10.2 Å². The number of halogens is 1. The number of nitrogens with two attached hydrogens (primary N) is 1. The van der Waals surface area contributed by atoms with Crippen LogP contribution in [0.25, 0.3) is 0 Å². The Hall–Kier alpha value is -0.680. The molecule has 0 aliphatic carbocycles. The topological polar surface area (TPSA) is 79.4 Å². The van der Waals surface area contributed by atoms with Crippen molar-refractivity contribution in [2.45, 2.75) is 18.6 Å². The van der Waals surface area contributed by atoms with Crippen LogP contribution in [-0.2, 0) is 0 Å². The van der Waals surface area contributed by atoms with Gasteiger partial charge >= 0.3 is 0 Å². The molecule has 0 aromatic carbocycles. The molecule has 0 aliphatic heterocycles. The van der Waals surface area contributed by atoms with Gasteiger partial charge in [0, 0.05) is 11.8 Å². The van der Waals surface area contributed by atoms with Crippen LogP contribution in [-0.4, -0.2) is 27.8 Å². The molecule has 1 rings (SSSR count). The molecule has 0 aliphatic rings. The summed E-state index contributed by atoms with van der Waals surface area (Å²) in [6, 6.07) is 3.19. The van der Waals surface area contributed by atoms with Crippen molar-refractivity contribution in [2.75, 3.05) is 6.54 Å². The van der Waals surface area contributed by atoms with Crippen molar-refractivity contribution in [1.82, 2.24) is 4.98 Å². The van der Waals surface area contributed by atoms with Gasteiger partial charge in [0.1, 0.15) is 11.3 Å². The summed E-state index contributed by atoms with van der Waals surface area (Å²) in [5.41, 5.74) is 5.80. The maximum Gasteiger partial charge on any atom is 0.129 e. The summed E-state index contributed by atoms with van der Waals surface area (Å²) in [5.74, 6) is 0. The number of hydrogen-bond donors (Lipinski definition) is 3. The molecule has 4 nitrogen and oxygen atoms in total. The van der Waals surface area contributed by atoms with E-state index in [0.29, 0.717) is 23.7 Å². The maximum absolute atomic E-state index is 9.62. The highest BCUT2D eigenvalue weighted by Crippen LogP contribution is 2.18. The first-order valence-corrected chi connectivity index (χ1v) is 4.70. The van der Waals surface area contributed by atoms with Gasteiger partial charge in [-0.15, -0.1) is 0 Å². The lowest BCUT2D eigenvalue weighted by Gasteiger charge is -2.16. The number of nitrogens with zero attached hydrogens (tertiary/aromatic N) is 1. The van der Waals surface area contributed by atoms with Gasteiger partial charge in [-0.2, -0.15) is 0 Å². The standard InChI is InChI=1S/C9H13ClN2O2/c10-8-2-1-6(5-12-8)9(14)7(13)3-4-11/h1-2,5,7,9,13-14H,3-4,11H2. The Labute approximate surface area is 87.3 Å². The minimum absolute atomic E-state index is 0.333. The molecule has 0 radical (unpaired) electrons. The molecule has 4 N–H and O–H groups in total. The predicted octanol–water partition coefficient (Wildman–Crippen LogP) is 0.478. The van der Waals surface area contributed by atoms with Gasteiger partial charge in [0.25, 0.3) is 0 Å². The van der Waals surface area contributed by atoms with Crippen molar-refractivity contribution in [3.8, 4) is 0 Å². The fourth-order valence-corrected chi connectivity index (χ4v) is 1.22. The normalized spacial score (nSPS) is 15.1. The first-order valence-electron chi connectivity index (χ1n) is 4.33. The predicted molar refractivity (Wildman–Crippen MR) is 53.9 cm³/mol. The second-order valence-electron chi connectivity index (χ2n) is 3.00. The Morgan fingerprint density at radius 2 is 2.14 bits per heavy atom. The van der Waals surface area contributed by atoms with Gasteiger partial charge in [-0.1, -0.05) is 17.7 Å². The average molecular weight is 217 g/mol. The molecule has 2 unspecified atom stereocenters. The summed E-state index contributed by atoms with van der Waals surface area (Å²) in [6.45, 7) is 0.333. The van der Waals surface area contributed by atoms with Crippen molar-refractivity contribution in [1.29, 1.82) is 0 Å². The summed E-state index contributed by atoms with van der Waals surface area (Å²) in [7, 11) is 0. The Morgan fingerprint density at radius 1 is 1.43 bits per heavy atom. The summed E-state index contributed by atoms with van der Waals surface area (Å²) in [6.07, 6.45) is -0.0254. The van der Waals surface area contributed by atoms with E-state index >= 15 is 0 Å². The van der Waals surface area contributed by atoms with Gasteiger partial charge in [0.2, 0.25) is 0 Å². The van der Waals surface area contributed by atoms with Gasteiger partial charge < -0.3 is 15.9 Å². The van der Waals surface area contributed by atoms with E-state index in [2.05, 4.69) is 4.98 Å². The van der Waals surface area contributed by atoms with Crippen molar-refractivity contribution in [3.63, 3.8) is 0 Å². The molecule has 0 spiro atoms. The first kappa shape index (κ1) is 11.4. The molecule has 0 bridgehead atoms. The van der Waals surface area contributed by atoms with Gasteiger partial charge in [0.05, 0.1) is 6.10 Å². The summed E-state index contributed by atoms with van der Waals surface area (Å²) in [5, 5.41) is 19.4. The molecule has 0 fully saturated rings. The number of aliphatic hydroxyl groups is 2. The van der Waals surface area contributed by atoms with E-state index in [4.69, 9.17) is 17.3 Å². The third kappa shape index (κ3) is 2.92. The molecule has 0 amide bonds. The molecular formula is C9H13ClN2O2. The molecule has 1 aromatic rings. The SMILES string of the molecule is NCCC(O)C(O)c1ccc(Cl)nc1. The second-order valence-corrected chi connectivity index (χ2v) is 3.39. The highest BCUT2D eigenvalue weighted by molar-refractivity contribution is 6.29. The van der Waals surface area contributed by atoms with Gasteiger partial charge in [0.15, 0.2) is 0 Å². The Balaban J connectivity index is 2.68. The number of rotatable bonds is 4. The van der Waals surface area contributed by atoms with Crippen LogP contribution in [0.3, 0.4) is 0 Å². The van der Waals surface area contributed by atoms with Crippen molar-refractivity contribution in [2.24, 2.45) is 5.73 Å². The van der Waals surface area contributed by atoms with Crippen LogP contribution in [0.5, 0.6) is 0 Å². The number of pyridine rings is 1. The van der Waals surface area contributed by atoms with E-state index in [9.17, 15) is 10.2 Å². The highest BCUT2D eigenvalue weighted by atomic mass is 35.5. The van der Waals surface area contributed by atoms with Crippen LogP contribution in [0.15, 0.2) is 18.3 Å². The minimum atomic E-state index is -0.955. The molecule has 0 saturated carbocycles. The molecule has 1 heterocycles. The zero-order valence-electron chi connectivity index (χ0n) is 7.60. The van der Waals surface area contributed by atoms with Crippen molar-refractivity contribution >= 4 is 11.6 Å². The van der Waals surface area contributed by atoms with E-state index in [1.807, 2.05) is 0 Å². The molecule has 0 saturated heterocycles. The second kappa shape index (κ2) is 5.26. The molecule has 78 valence electrons. The van der Waals surface area contributed by atoms with Crippen LogP contribution in [0.2, 0.25) is 5.15 Å². The van der Waals surface area contributed by atoms with E-state index in [0.717, 1.165) is 0 Å². The Bertz CT molecular complexity index is 279. The number of aromatic nitrogens is 1. The lowest BCUT2D eigenvalue weighted by Crippen LogP contribution is -2.21. The van der Waals surface area contributed by atoms with Crippen LogP contribution < -0.4 is 5.73 Å². The number of hydrogen-bond acceptors (Lipinski definition) is 4. The third-order valence-corrected chi connectivity index (χ3v) is 2.14. The van der Waals surface area contributed by atoms with Crippen molar-refractivity contribution in [3.05, 3.63) is 29.0 Å². The van der Waals surface area contributed by atoms with E-state index in [1.165, 1.54) is 6.20 Å². The lowest BCUT2D eigenvalue weighted by molar-refractivity contribution is 0.0148. The van der Waals surface area contributed by atoms with Crippen LogP contribution in [0, 0.1) is 0 Å². The highest BCUT2D eigenvalue weighted by Gasteiger charge is 2.17. The molecule has 14 heavy (non-hydrogen) atoms. The summed E-state index contributed by atoms with van der Waals surface area (Å²) >= 11 is 5.58. The number of aliphatic hydroxyl groups excluding tert-OH is 2. The van der Waals surface area contributed by atoms with E-state index < -0.39 is 12.2 Å². The fraction of sp³-hybridized carbons (Fsp3) is 0.444. The molecular weight excluding hydrogens is 204 g/mol. The van der Waals surface area contributed by atoms with Crippen LogP contribution >= 0.6 is 11.6 Å². The van der Waals surface area contributed by atoms with E-state index in [1.54, 1.807) is 12.1 Å². The van der Waals surface area contributed by atoms with Crippen LogP contribution in [0.4, 0.5) is 0 Å². The molecule has 2 atom stereocenters. The zero-order chi connectivity index (χ0) is 10.6. The quantitative estimate of drug-likeness (QED) is 0.640. The summed E-state index contributed by atoms with van der Waals surface area (Å²) in [4.78, 5) is 3.81. The molecule has 5 heteroatoms. The third-order valence-electron chi connectivity index (χ3n) is 1.92. The average Bonchev–Trinajstić information content (AvgIpc) is 2.18. The smallest absolute Gasteiger partial charge is 0.129 e. The Morgan fingerprint density at radius 3 is 2.64 bits per heavy atom. The minimum Gasteiger partial charge on any atom is -0.390 e. The zero-order valence-corrected chi connectivity index (χ0v) is 8.35.